The third-order valence-electron chi connectivity index (χ3n) is 6.82. The van der Waals surface area contributed by atoms with Gasteiger partial charge in [0, 0.05) is 42.7 Å². The number of methoxy groups -OCH3 is 2. The number of amides is 1. The van der Waals surface area contributed by atoms with Gasteiger partial charge in [-0.2, -0.15) is 0 Å². The Balaban J connectivity index is 1.49. The second kappa shape index (κ2) is 10.0. The molecule has 9 nitrogen and oxygen atoms in total. The van der Waals surface area contributed by atoms with E-state index in [4.69, 9.17) is 13.9 Å². The van der Waals surface area contributed by atoms with Gasteiger partial charge in [-0.05, 0) is 35.7 Å². The van der Waals surface area contributed by atoms with Crippen molar-refractivity contribution in [1.29, 1.82) is 0 Å². The van der Waals surface area contributed by atoms with Crippen molar-refractivity contribution in [3.05, 3.63) is 87.1 Å². The fourth-order valence-electron chi connectivity index (χ4n) is 5.00. The standard InChI is InChI=1S/C28H28N2O7/c1-35-15-17-12-24(32)27(34)28(37-17)20(16-7-8-25(36-2)23(31)11-16)13-26(33)30-10-9-19-18-5-3-4-6-21(18)29-22(19)14-30/h3-8,11-12,20,29,31,34H,9-10,13-15H2,1-2H3/t20-/m1/s1. The molecule has 0 unspecified atom stereocenters. The second-order valence-electron chi connectivity index (χ2n) is 9.10. The number of aromatic nitrogens is 1. The van der Waals surface area contributed by atoms with Gasteiger partial charge in [-0.25, -0.2) is 0 Å². The molecule has 0 saturated heterocycles. The molecule has 4 aromatic rings. The zero-order valence-corrected chi connectivity index (χ0v) is 20.6. The van der Waals surface area contributed by atoms with Crippen LogP contribution in [0.2, 0.25) is 0 Å². The molecule has 0 saturated carbocycles. The highest BCUT2D eigenvalue weighted by molar-refractivity contribution is 5.86. The minimum atomic E-state index is -0.835. The summed E-state index contributed by atoms with van der Waals surface area (Å²) < 4.78 is 16.1. The molecule has 0 radical (unpaired) electrons. The Hall–Kier alpha value is -4.24. The van der Waals surface area contributed by atoms with Gasteiger partial charge in [0.15, 0.2) is 17.3 Å². The Morgan fingerprint density at radius 1 is 1.16 bits per heavy atom. The molecule has 0 bridgehead atoms. The summed E-state index contributed by atoms with van der Waals surface area (Å²) in [5.41, 5.74) is 3.10. The van der Waals surface area contributed by atoms with E-state index < -0.39 is 17.1 Å². The molecule has 0 fully saturated rings. The molecular formula is C28H28N2O7. The maximum absolute atomic E-state index is 13.6. The zero-order chi connectivity index (χ0) is 26.1. The van der Waals surface area contributed by atoms with Crippen molar-refractivity contribution in [3.8, 4) is 17.2 Å². The Bertz CT molecular complexity index is 1520. The molecule has 5 rings (SSSR count). The lowest BCUT2D eigenvalue weighted by Crippen LogP contribution is -2.36. The van der Waals surface area contributed by atoms with E-state index in [1.165, 1.54) is 25.8 Å². The maximum Gasteiger partial charge on any atom is 0.227 e. The number of benzene rings is 2. The fraction of sp³-hybridized carbons (Fsp3) is 0.286. The zero-order valence-electron chi connectivity index (χ0n) is 20.6. The monoisotopic (exact) mass is 504 g/mol. The lowest BCUT2D eigenvalue weighted by molar-refractivity contribution is -0.132. The van der Waals surface area contributed by atoms with Crippen molar-refractivity contribution in [3.63, 3.8) is 0 Å². The average Bonchev–Trinajstić information content (AvgIpc) is 3.27. The van der Waals surface area contributed by atoms with Gasteiger partial charge >= 0.3 is 0 Å². The lowest BCUT2D eigenvalue weighted by atomic mass is 9.90. The van der Waals surface area contributed by atoms with Crippen LogP contribution in [0.25, 0.3) is 10.9 Å². The topological polar surface area (TPSA) is 125 Å². The van der Waals surface area contributed by atoms with Crippen LogP contribution in [0.1, 0.15) is 40.7 Å². The number of nitrogens with zero attached hydrogens (tertiary/aromatic N) is 1. The fourth-order valence-corrected chi connectivity index (χ4v) is 5.00. The van der Waals surface area contributed by atoms with E-state index >= 15 is 0 Å². The highest BCUT2D eigenvalue weighted by atomic mass is 16.5. The third-order valence-corrected chi connectivity index (χ3v) is 6.82. The van der Waals surface area contributed by atoms with Crippen LogP contribution in [0, 0.1) is 0 Å². The molecule has 1 atom stereocenters. The van der Waals surface area contributed by atoms with Crippen LogP contribution in [-0.4, -0.2) is 46.8 Å². The predicted molar refractivity (Wildman–Crippen MR) is 136 cm³/mol. The smallest absolute Gasteiger partial charge is 0.227 e. The van der Waals surface area contributed by atoms with Crippen molar-refractivity contribution in [1.82, 2.24) is 9.88 Å². The van der Waals surface area contributed by atoms with Gasteiger partial charge in [-0.15, -0.1) is 0 Å². The Morgan fingerprint density at radius 2 is 1.97 bits per heavy atom. The number of hydrogen-bond donors (Lipinski definition) is 3. The summed E-state index contributed by atoms with van der Waals surface area (Å²) in [5.74, 6) is -1.30. The number of ether oxygens (including phenoxy) is 2. The number of phenols is 1. The Kier molecular flexibility index (Phi) is 6.62. The van der Waals surface area contributed by atoms with Gasteiger partial charge in [-0.3, -0.25) is 9.59 Å². The van der Waals surface area contributed by atoms with Crippen molar-refractivity contribution in [2.75, 3.05) is 20.8 Å². The molecule has 3 N–H and O–H groups in total. The van der Waals surface area contributed by atoms with E-state index in [-0.39, 0.29) is 42.0 Å². The number of phenolic OH excluding ortho intramolecular Hbond substituents is 1. The van der Waals surface area contributed by atoms with Crippen LogP contribution in [0.4, 0.5) is 0 Å². The molecule has 1 amide bonds. The Morgan fingerprint density at radius 3 is 2.73 bits per heavy atom. The number of hydrogen-bond acceptors (Lipinski definition) is 7. The molecular weight excluding hydrogens is 476 g/mol. The summed E-state index contributed by atoms with van der Waals surface area (Å²) in [6, 6.07) is 13.9. The molecule has 192 valence electrons. The highest BCUT2D eigenvalue weighted by Gasteiger charge is 2.31. The number of carbonyl (C=O) groups is 1. The van der Waals surface area contributed by atoms with Crippen molar-refractivity contribution >= 4 is 16.8 Å². The molecule has 0 aliphatic carbocycles. The summed E-state index contributed by atoms with van der Waals surface area (Å²) in [7, 11) is 2.90. The predicted octanol–water partition coefficient (Wildman–Crippen LogP) is 3.79. The van der Waals surface area contributed by atoms with Gasteiger partial charge in [0.2, 0.25) is 17.1 Å². The molecule has 3 heterocycles. The van der Waals surface area contributed by atoms with Crippen molar-refractivity contribution in [2.24, 2.45) is 0 Å². The van der Waals surface area contributed by atoms with Gasteiger partial charge < -0.3 is 34.0 Å². The summed E-state index contributed by atoms with van der Waals surface area (Å²) in [4.78, 5) is 31.3. The first-order valence-corrected chi connectivity index (χ1v) is 12.0. The second-order valence-corrected chi connectivity index (χ2v) is 9.10. The third kappa shape index (κ3) is 4.65. The van der Waals surface area contributed by atoms with Gasteiger partial charge in [0.05, 0.1) is 19.6 Å². The largest absolute Gasteiger partial charge is 0.504 e. The molecule has 37 heavy (non-hydrogen) atoms. The van der Waals surface area contributed by atoms with E-state index in [9.17, 15) is 19.8 Å². The average molecular weight is 505 g/mol. The van der Waals surface area contributed by atoms with Crippen LogP contribution in [0.5, 0.6) is 17.2 Å². The summed E-state index contributed by atoms with van der Waals surface area (Å²) in [6.07, 6.45) is 0.622. The molecule has 2 aromatic heterocycles. The van der Waals surface area contributed by atoms with Gasteiger partial charge in [0.1, 0.15) is 12.4 Å². The van der Waals surface area contributed by atoms with Crippen LogP contribution in [-0.2, 0) is 29.1 Å². The number of aromatic hydroxyl groups is 2. The number of nitrogens with one attached hydrogen (secondary N) is 1. The number of carbonyl (C=O) groups excluding carboxylic acids is 1. The first-order chi connectivity index (χ1) is 17.9. The van der Waals surface area contributed by atoms with Crippen LogP contribution >= 0.6 is 0 Å². The van der Waals surface area contributed by atoms with Crippen LogP contribution in [0.3, 0.4) is 0 Å². The summed E-state index contributed by atoms with van der Waals surface area (Å²) in [6.45, 7) is 0.976. The number of H-pyrrole nitrogens is 1. The van der Waals surface area contributed by atoms with E-state index in [1.807, 2.05) is 18.2 Å². The maximum atomic E-state index is 13.6. The molecule has 1 aliphatic heterocycles. The van der Waals surface area contributed by atoms with Gasteiger partial charge in [-0.1, -0.05) is 24.3 Å². The molecule has 2 aromatic carbocycles. The van der Waals surface area contributed by atoms with Crippen LogP contribution in [0.15, 0.2) is 57.7 Å². The molecule has 1 aliphatic rings. The van der Waals surface area contributed by atoms with E-state index in [0.717, 1.165) is 22.7 Å². The van der Waals surface area contributed by atoms with Crippen molar-refractivity contribution < 1.29 is 28.9 Å². The number of para-hydroxylation sites is 1. The Labute approximate surface area is 212 Å². The quantitative estimate of drug-likeness (QED) is 0.350. The highest BCUT2D eigenvalue weighted by Crippen LogP contribution is 2.38. The SMILES string of the molecule is COCc1cc(=O)c(O)c([C@H](CC(=O)N2CCc3c([nH]c4ccccc34)C2)c2ccc(OC)c(O)c2)o1. The molecule has 9 heteroatoms. The number of rotatable bonds is 7. The molecule has 0 spiro atoms. The van der Waals surface area contributed by atoms with Crippen molar-refractivity contribution in [2.45, 2.75) is 31.9 Å². The lowest BCUT2D eigenvalue weighted by Gasteiger charge is -2.29. The van der Waals surface area contributed by atoms with E-state index in [0.29, 0.717) is 25.1 Å². The summed E-state index contributed by atoms with van der Waals surface area (Å²) >= 11 is 0. The first-order valence-electron chi connectivity index (χ1n) is 12.0. The van der Waals surface area contributed by atoms with Gasteiger partial charge in [0.25, 0.3) is 0 Å². The minimum absolute atomic E-state index is 0.0202. The first kappa shape index (κ1) is 24.5. The van der Waals surface area contributed by atoms with Crippen LogP contribution < -0.4 is 10.2 Å². The van der Waals surface area contributed by atoms with E-state index in [2.05, 4.69) is 11.1 Å². The normalized spacial score (nSPS) is 13.9. The van der Waals surface area contributed by atoms with E-state index in [1.54, 1.807) is 17.0 Å². The number of fused-ring (bicyclic) bond motifs is 3. The minimum Gasteiger partial charge on any atom is -0.504 e. The number of aromatic amines is 1. The summed E-state index contributed by atoms with van der Waals surface area (Å²) in [5, 5.41) is 22.2.